The van der Waals surface area contributed by atoms with Crippen molar-refractivity contribution >= 4 is 33.5 Å². The lowest BCUT2D eigenvalue weighted by molar-refractivity contribution is -0.141. The van der Waals surface area contributed by atoms with Crippen molar-refractivity contribution in [1.29, 1.82) is 0 Å². The molecule has 0 aliphatic rings. The molecular formula is C11H12BrClO3. The summed E-state index contributed by atoms with van der Waals surface area (Å²) in [5, 5.41) is 0.691. The highest BCUT2D eigenvalue weighted by molar-refractivity contribution is 9.10. The molecule has 0 aliphatic heterocycles. The largest absolute Gasteiger partial charge is 0.468 e. The number of halogens is 2. The van der Waals surface area contributed by atoms with Gasteiger partial charge < -0.3 is 9.47 Å². The number of esters is 1. The first-order valence-electron chi connectivity index (χ1n) is 4.67. The predicted molar refractivity (Wildman–Crippen MR) is 65.8 cm³/mol. The fourth-order valence-corrected chi connectivity index (χ4v) is 1.56. The fraction of sp³-hybridized carbons (Fsp3) is 0.364. The van der Waals surface area contributed by atoms with Crippen LogP contribution in [0.2, 0.25) is 5.02 Å². The molecule has 0 saturated carbocycles. The first kappa shape index (κ1) is 13.5. The SMILES string of the molecule is COC(=O)C(Br)COCc1ccc(Cl)cc1. The molecule has 0 aliphatic carbocycles. The van der Waals surface area contributed by atoms with Crippen molar-refractivity contribution in [3.63, 3.8) is 0 Å². The second-order valence-corrected chi connectivity index (χ2v) is 4.67. The predicted octanol–water partition coefficient (Wildman–Crippen LogP) is 2.79. The summed E-state index contributed by atoms with van der Waals surface area (Å²) in [5.74, 6) is -0.337. The minimum Gasteiger partial charge on any atom is -0.468 e. The molecule has 16 heavy (non-hydrogen) atoms. The van der Waals surface area contributed by atoms with E-state index in [9.17, 15) is 4.79 Å². The Morgan fingerprint density at radius 3 is 2.62 bits per heavy atom. The van der Waals surface area contributed by atoms with E-state index in [1.165, 1.54) is 7.11 Å². The van der Waals surface area contributed by atoms with Gasteiger partial charge >= 0.3 is 5.97 Å². The van der Waals surface area contributed by atoms with Crippen molar-refractivity contribution in [2.45, 2.75) is 11.4 Å². The van der Waals surface area contributed by atoms with E-state index in [2.05, 4.69) is 20.7 Å². The molecule has 0 amide bonds. The zero-order chi connectivity index (χ0) is 12.0. The minimum absolute atomic E-state index is 0.273. The number of carbonyl (C=O) groups is 1. The molecule has 1 aromatic carbocycles. The molecule has 3 nitrogen and oxygen atoms in total. The van der Waals surface area contributed by atoms with Crippen LogP contribution < -0.4 is 0 Å². The summed E-state index contributed by atoms with van der Waals surface area (Å²) < 4.78 is 9.90. The van der Waals surface area contributed by atoms with Gasteiger partial charge in [-0.25, -0.2) is 0 Å². The molecule has 0 spiro atoms. The first-order valence-corrected chi connectivity index (χ1v) is 5.97. The summed E-state index contributed by atoms with van der Waals surface area (Å²) in [6.07, 6.45) is 0. The standard InChI is InChI=1S/C11H12BrClO3/c1-15-11(14)10(12)7-16-6-8-2-4-9(13)5-3-8/h2-5,10H,6-7H2,1H3. The maximum absolute atomic E-state index is 11.0. The highest BCUT2D eigenvalue weighted by Crippen LogP contribution is 2.11. The second-order valence-electron chi connectivity index (χ2n) is 3.13. The number of hydrogen-bond acceptors (Lipinski definition) is 3. The van der Waals surface area contributed by atoms with Crippen LogP contribution in [0, 0.1) is 0 Å². The van der Waals surface area contributed by atoms with Gasteiger partial charge in [0.2, 0.25) is 0 Å². The van der Waals surface area contributed by atoms with Crippen molar-refractivity contribution < 1.29 is 14.3 Å². The normalized spacial score (nSPS) is 12.2. The maximum Gasteiger partial charge on any atom is 0.321 e. The van der Waals surface area contributed by atoms with Crippen LogP contribution in [0.1, 0.15) is 5.56 Å². The van der Waals surface area contributed by atoms with E-state index in [1.807, 2.05) is 12.1 Å². The van der Waals surface area contributed by atoms with E-state index >= 15 is 0 Å². The Morgan fingerprint density at radius 2 is 2.06 bits per heavy atom. The molecule has 0 radical (unpaired) electrons. The lowest BCUT2D eigenvalue weighted by Gasteiger charge is -2.08. The number of ether oxygens (including phenoxy) is 2. The van der Waals surface area contributed by atoms with Crippen LogP contribution in [-0.2, 0) is 20.9 Å². The van der Waals surface area contributed by atoms with E-state index in [4.69, 9.17) is 16.3 Å². The lowest BCUT2D eigenvalue weighted by Crippen LogP contribution is -2.21. The number of benzene rings is 1. The Balaban J connectivity index is 2.30. The van der Waals surface area contributed by atoms with Gasteiger partial charge in [0.1, 0.15) is 4.83 Å². The summed E-state index contributed by atoms with van der Waals surface area (Å²) >= 11 is 8.91. The third-order valence-electron chi connectivity index (χ3n) is 1.90. The van der Waals surface area contributed by atoms with Gasteiger partial charge in [-0.1, -0.05) is 39.7 Å². The number of rotatable bonds is 5. The number of carbonyl (C=O) groups excluding carboxylic acids is 1. The van der Waals surface area contributed by atoms with Crippen LogP contribution in [0.15, 0.2) is 24.3 Å². The van der Waals surface area contributed by atoms with Crippen molar-refractivity contribution in [2.24, 2.45) is 0 Å². The van der Waals surface area contributed by atoms with E-state index in [-0.39, 0.29) is 12.6 Å². The Morgan fingerprint density at radius 1 is 1.44 bits per heavy atom. The van der Waals surface area contributed by atoms with E-state index in [0.717, 1.165) is 5.56 Å². The zero-order valence-corrected chi connectivity index (χ0v) is 11.1. The van der Waals surface area contributed by atoms with Gasteiger partial charge in [0.15, 0.2) is 0 Å². The fourth-order valence-electron chi connectivity index (χ4n) is 1.06. The summed E-state index contributed by atoms with van der Waals surface area (Å²) in [7, 11) is 1.34. The van der Waals surface area contributed by atoms with Crippen molar-refractivity contribution in [1.82, 2.24) is 0 Å². The molecular weight excluding hydrogens is 295 g/mol. The molecule has 1 unspecified atom stereocenters. The second kappa shape index (κ2) is 6.89. The Bertz CT molecular complexity index is 340. The van der Waals surface area contributed by atoms with Crippen LogP contribution in [0.3, 0.4) is 0 Å². The Hall–Kier alpha value is -0.580. The van der Waals surface area contributed by atoms with Crippen LogP contribution in [0.25, 0.3) is 0 Å². The van der Waals surface area contributed by atoms with Crippen molar-refractivity contribution in [3.8, 4) is 0 Å². The zero-order valence-electron chi connectivity index (χ0n) is 8.78. The Labute approximate surface area is 108 Å². The molecule has 0 aromatic heterocycles. The topological polar surface area (TPSA) is 35.5 Å². The average Bonchev–Trinajstić information content (AvgIpc) is 2.30. The highest BCUT2D eigenvalue weighted by atomic mass is 79.9. The molecule has 0 N–H and O–H groups in total. The van der Waals surface area contributed by atoms with Gasteiger partial charge in [0, 0.05) is 5.02 Å². The van der Waals surface area contributed by atoms with Gasteiger partial charge in [-0.3, -0.25) is 4.79 Å². The van der Waals surface area contributed by atoms with Crippen LogP contribution in [0.5, 0.6) is 0 Å². The van der Waals surface area contributed by atoms with Gasteiger partial charge in [0.05, 0.1) is 20.3 Å². The smallest absolute Gasteiger partial charge is 0.321 e. The average molecular weight is 308 g/mol. The van der Waals surface area contributed by atoms with Gasteiger partial charge in [-0.05, 0) is 17.7 Å². The van der Waals surface area contributed by atoms with Crippen LogP contribution >= 0.6 is 27.5 Å². The van der Waals surface area contributed by atoms with Crippen molar-refractivity contribution in [2.75, 3.05) is 13.7 Å². The number of methoxy groups -OCH3 is 1. The third-order valence-corrected chi connectivity index (χ3v) is 2.79. The number of hydrogen-bond donors (Lipinski definition) is 0. The summed E-state index contributed by atoms with van der Waals surface area (Å²) in [5.41, 5.74) is 1.01. The third kappa shape index (κ3) is 4.51. The molecule has 1 atom stereocenters. The maximum atomic E-state index is 11.0. The van der Waals surface area contributed by atoms with Gasteiger partial charge in [0.25, 0.3) is 0 Å². The van der Waals surface area contributed by atoms with E-state index in [1.54, 1.807) is 12.1 Å². The Kier molecular flexibility index (Phi) is 5.80. The van der Waals surface area contributed by atoms with Crippen LogP contribution in [0.4, 0.5) is 0 Å². The molecule has 0 fully saturated rings. The molecule has 1 rings (SSSR count). The molecule has 88 valence electrons. The summed E-state index contributed by atoms with van der Waals surface area (Å²) in [4.78, 5) is 10.6. The minimum atomic E-state index is -0.426. The van der Waals surface area contributed by atoms with Crippen molar-refractivity contribution in [3.05, 3.63) is 34.9 Å². The number of alkyl halides is 1. The monoisotopic (exact) mass is 306 g/mol. The summed E-state index contributed by atoms with van der Waals surface area (Å²) in [6.45, 7) is 0.714. The molecule has 1 aromatic rings. The molecule has 0 bridgehead atoms. The first-order chi connectivity index (χ1) is 7.63. The quantitative estimate of drug-likeness (QED) is 0.620. The van der Waals surface area contributed by atoms with E-state index < -0.39 is 4.83 Å². The molecule has 0 saturated heterocycles. The van der Waals surface area contributed by atoms with Gasteiger partial charge in [-0.15, -0.1) is 0 Å². The lowest BCUT2D eigenvalue weighted by atomic mass is 10.2. The highest BCUT2D eigenvalue weighted by Gasteiger charge is 2.14. The van der Waals surface area contributed by atoms with Gasteiger partial charge in [-0.2, -0.15) is 0 Å². The molecule has 5 heteroatoms. The van der Waals surface area contributed by atoms with Crippen LogP contribution in [-0.4, -0.2) is 24.5 Å². The molecule has 0 heterocycles. The van der Waals surface area contributed by atoms with E-state index in [0.29, 0.717) is 11.6 Å². The summed E-state index contributed by atoms with van der Waals surface area (Å²) in [6, 6.07) is 7.35.